The molecule has 0 aliphatic heterocycles. The third-order valence-corrected chi connectivity index (χ3v) is 5.14. The summed E-state index contributed by atoms with van der Waals surface area (Å²) in [6.45, 7) is 0.695. The number of methoxy groups -OCH3 is 1. The van der Waals surface area contributed by atoms with Crippen LogP contribution in [-0.4, -0.2) is 13.2 Å². The average molecular weight is 294 g/mol. The minimum absolute atomic E-state index is 0.251. The molecule has 1 saturated carbocycles. The zero-order valence-electron chi connectivity index (χ0n) is 13.0. The second-order valence-electron chi connectivity index (χ2n) is 6.40. The van der Waals surface area contributed by atoms with Crippen molar-refractivity contribution in [2.75, 3.05) is 7.11 Å². The monoisotopic (exact) mass is 294 g/mol. The minimum Gasteiger partial charge on any atom is -0.501 e. The first-order chi connectivity index (χ1) is 10.8. The van der Waals surface area contributed by atoms with Gasteiger partial charge in [0.2, 0.25) is 0 Å². The van der Waals surface area contributed by atoms with Gasteiger partial charge >= 0.3 is 0 Å². The first-order valence-corrected chi connectivity index (χ1v) is 8.17. The van der Waals surface area contributed by atoms with Gasteiger partial charge in [-0.25, -0.2) is 0 Å². The van der Waals surface area contributed by atoms with Crippen molar-refractivity contribution in [3.63, 3.8) is 0 Å². The molecule has 0 radical (unpaired) electrons. The van der Waals surface area contributed by atoms with Crippen LogP contribution in [0.3, 0.4) is 0 Å². The Kier molecular flexibility index (Phi) is 3.63. The van der Waals surface area contributed by atoms with Gasteiger partial charge in [-0.05, 0) is 53.5 Å². The van der Waals surface area contributed by atoms with E-state index in [0.717, 1.165) is 18.6 Å². The fourth-order valence-corrected chi connectivity index (χ4v) is 4.05. The lowest BCUT2D eigenvalue weighted by molar-refractivity contribution is 0.0571. The van der Waals surface area contributed by atoms with Crippen LogP contribution < -0.4 is 0 Å². The maximum atomic E-state index is 6.29. The molecule has 22 heavy (non-hydrogen) atoms. The summed E-state index contributed by atoms with van der Waals surface area (Å²) < 4.78 is 11.8. The highest BCUT2D eigenvalue weighted by molar-refractivity contribution is 5.50. The van der Waals surface area contributed by atoms with Gasteiger partial charge in [-0.2, -0.15) is 0 Å². The van der Waals surface area contributed by atoms with Crippen LogP contribution in [0, 0.1) is 5.92 Å². The zero-order valence-corrected chi connectivity index (χ0v) is 13.0. The Bertz CT molecular complexity index is 652. The number of hydrogen-bond donors (Lipinski definition) is 0. The first kappa shape index (κ1) is 13.8. The van der Waals surface area contributed by atoms with Gasteiger partial charge in [-0.3, -0.25) is 0 Å². The minimum atomic E-state index is 0.251. The van der Waals surface area contributed by atoms with Crippen molar-refractivity contribution in [2.24, 2.45) is 5.92 Å². The highest BCUT2D eigenvalue weighted by Crippen LogP contribution is 2.50. The predicted octanol–water partition coefficient (Wildman–Crippen LogP) is 4.54. The number of hydrogen-bond acceptors (Lipinski definition) is 2. The topological polar surface area (TPSA) is 18.5 Å². The Morgan fingerprint density at radius 2 is 2.00 bits per heavy atom. The molecule has 2 nitrogen and oxygen atoms in total. The van der Waals surface area contributed by atoms with E-state index in [0.29, 0.717) is 12.5 Å². The van der Waals surface area contributed by atoms with E-state index < -0.39 is 0 Å². The summed E-state index contributed by atoms with van der Waals surface area (Å²) in [5.41, 5.74) is 5.81. The molecular weight excluding hydrogens is 272 g/mol. The van der Waals surface area contributed by atoms with Crippen molar-refractivity contribution in [3.8, 4) is 0 Å². The van der Waals surface area contributed by atoms with Crippen LogP contribution >= 0.6 is 0 Å². The Morgan fingerprint density at radius 3 is 2.82 bits per heavy atom. The van der Waals surface area contributed by atoms with Gasteiger partial charge in [0.1, 0.15) is 0 Å². The van der Waals surface area contributed by atoms with Crippen molar-refractivity contribution in [2.45, 2.75) is 38.4 Å². The van der Waals surface area contributed by atoms with Crippen LogP contribution in [-0.2, 0) is 16.1 Å². The molecule has 0 N–H and O–H groups in total. The summed E-state index contributed by atoms with van der Waals surface area (Å²) in [4.78, 5) is 0. The molecule has 0 bridgehead atoms. The number of allylic oxidation sites excluding steroid dienone is 5. The maximum absolute atomic E-state index is 6.29. The van der Waals surface area contributed by atoms with Gasteiger partial charge in [-0.15, -0.1) is 0 Å². The van der Waals surface area contributed by atoms with Crippen molar-refractivity contribution in [3.05, 3.63) is 70.5 Å². The second-order valence-corrected chi connectivity index (χ2v) is 6.40. The smallest absolute Gasteiger partial charge is 0.0997 e. The molecule has 0 saturated heterocycles. The van der Waals surface area contributed by atoms with Crippen molar-refractivity contribution in [1.82, 2.24) is 0 Å². The third kappa shape index (κ3) is 2.42. The van der Waals surface area contributed by atoms with Crippen molar-refractivity contribution < 1.29 is 9.47 Å². The van der Waals surface area contributed by atoms with E-state index >= 15 is 0 Å². The van der Waals surface area contributed by atoms with Crippen LogP contribution in [0.2, 0.25) is 0 Å². The van der Waals surface area contributed by atoms with Gasteiger partial charge in [-0.1, -0.05) is 36.4 Å². The van der Waals surface area contributed by atoms with Crippen LogP contribution in [0.5, 0.6) is 0 Å². The molecule has 4 rings (SSSR count). The first-order valence-electron chi connectivity index (χ1n) is 8.17. The van der Waals surface area contributed by atoms with E-state index in [1.54, 1.807) is 12.7 Å². The van der Waals surface area contributed by atoms with Gasteiger partial charge in [0.25, 0.3) is 0 Å². The lowest BCUT2D eigenvalue weighted by Crippen LogP contribution is -2.14. The van der Waals surface area contributed by atoms with Crippen LogP contribution in [0.4, 0.5) is 0 Å². The molecule has 0 aromatic heterocycles. The van der Waals surface area contributed by atoms with Gasteiger partial charge < -0.3 is 9.47 Å². The molecule has 1 fully saturated rings. The number of benzene rings is 1. The largest absolute Gasteiger partial charge is 0.501 e. The molecule has 3 aliphatic carbocycles. The summed E-state index contributed by atoms with van der Waals surface area (Å²) in [6, 6.07) is 10.5. The van der Waals surface area contributed by atoms with E-state index in [2.05, 4.69) is 36.4 Å². The van der Waals surface area contributed by atoms with Crippen LogP contribution in [0.25, 0.3) is 0 Å². The molecule has 114 valence electrons. The molecule has 0 spiro atoms. The summed E-state index contributed by atoms with van der Waals surface area (Å²) in [5, 5.41) is 0. The highest BCUT2D eigenvalue weighted by Gasteiger charge is 2.40. The molecule has 1 aromatic carbocycles. The standard InChI is InChI=1S/C20H22O2/c1-21-17-10-9-15-7-8-16-11-19(18(12-17)20(15)16)22-13-14-5-3-2-4-6-14/h2-6,9-10,16,19H,7-8,11-13H2,1H3/t16-,19+/m0/s1. The lowest BCUT2D eigenvalue weighted by Gasteiger charge is -2.18. The van der Waals surface area contributed by atoms with Crippen LogP contribution in [0.1, 0.15) is 31.2 Å². The quantitative estimate of drug-likeness (QED) is 0.811. The Morgan fingerprint density at radius 1 is 1.14 bits per heavy atom. The molecule has 3 aliphatic rings. The van der Waals surface area contributed by atoms with E-state index in [4.69, 9.17) is 9.47 Å². The lowest BCUT2D eigenvalue weighted by atomic mass is 10.0. The van der Waals surface area contributed by atoms with E-state index in [1.165, 1.54) is 29.6 Å². The van der Waals surface area contributed by atoms with Crippen LogP contribution in [0.15, 0.2) is 65.0 Å². The van der Waals surface area contributed by atoms with Gasteiger partial charge in [0.05, 0.1) is 25.6 Å². The predicted molar refractivity (Wildman–Crippen MR) is 87.2 cm³/mol. The van der Waals surface area contributed by atoms with Gasteiger partial charge in [0.15, 0.2) is 0 Å². The third-order valence-electron chi connectivity index (χ3n) is 5.14. The second kappa shape index (κ2) is 5.77. The Hall–Kier alpha value is -1.80. The van der Waals surface area contributed by atoms with E-state index in [9.17, 15) is 0 Å². The van der Waals surface area contributed by atoms with E-state index in [-0.39, 0.29) is 6.10 Å². The normalized spacial score (nSPS) is 26.4. The molecule has 0 unspecified atom stereocenters. The Balaban J connectivity index is 1.56. The van der Waals surface area contributed by atoms with E-state index in [1.807, 2.05) is 6.07 Å². The maximum Gasteiger partial charge on any atom is 0.0997 e. The average Bonchev–Trinajstić information content (AvgIpc) is 3.03. The molecular formula is C20H22O2. The van der Waals surface area contributed by atoms with Crippen molar-refractivity contribution >= 4 is 0 Å². The zero-order chi connectivity index (χ0) is 14.9. The number of ether oxygens (including phenoxy) is 2. The summed E-state index contributed by atoms with van der Waals surface area (Å²) in [7, 11) is 1.77. The summed E-state index contributed by atoms with van der Waals surface area (Å²) >= 11 is 0. The fraction of sp³-hybridized carbons (Fsp3) is 0.400. The molecule has 2 heteroatoms. The molecule has 0 amide bonds. The summed E-state index contributed by atoms with van der Waals surface area (Å²) in [6.07, 6.45) is 9.20. The highest BCUT2D eigenvalue weighted by atomic mass is 16.5. The molecule has 2 atom stereocenters. The SMILES string of the molecule is COC1=CC=C2CC[C@H]3C[C@@H](OCc4ccccc4)C(=C23)C1. The summed E-state index contributed by atoms with van der Waals surface area (Å²) in [5.74, 6) is 1.75. The molecule has 0 heterocycles. The molecule has 1 aromatic rings. The van der Waals surface area contributed by atoms with Crippen molar-refractivity contribution in [1.29, 1.82) is 0 Å². The van der Waals surface area contributed by atoms with Gasteiger partial charge in [0, 0.05) is 6.42 Å². The fourth-order valence-electron chi connectivity index (χ4n) is 4.05. The number of rotatable bonds is 4. The Labute approximate surface area is 132 Å².